The van der Waals surface area contributed by atoms with Crippen molar-refractivity contribution in [1.82, 2.24) is 13.6 Å². The summed E-state index contributed by atoms with van der Waals surface area (Å²) in [5, 5.41) is 0.490. The molecule has 3 saturated heterocycles. The molecule has 3 nitrogen and oxygen atoms in total. The summed E-state index contributed by atoms with van der Waals surface area (Å²) in [4.78, 5) is 2.00. The molecule has 0 spiro atoms. The van der Waals surface area contributed by atoms with Gasteiger partial charge in [0.25, 0.3) is 0 Å². The maximum absolute atomic E-state index is 6.72. The molecule has 0 aromatic carbocycles. The molecule has 1 aromatic rings. The normalized spacial score (nSPS) is 39.6. The van der Waals surface area contributed by atoms with E-state index in [1.165, 1.54) is 0 Å². The van der Waals surface area contributed by atoms with E-state index < -0.39 is 0 Å². The average molecular weight is 264 g/mol. The first-order valence-corrected chi connectivity index (χ1v) is 6.58. The molecule has 3 fully saturated rings. The molecule has 3 aliphatic heterocycles. The lowest BCUT2D eigenvalue weighted by atomic mass is 9.77. The van der Waals surface area contributed by atoms with Gasteiger partial charge in [0.1, 0.15) is 10.6 Å². The number of alkyl halides is 1. The van der Waals surface area contributed by atoms with Crippen LogP contribution in [0.1, 0.15) is 18.5 Å². The van der Waals surface area contributed by atoms with Gasteiger partial charge in [-0.05, 0) is 31.8 Å². The number of nitrogens with zero attached hydrogens (tertiary/aromatic N) is 3. The lowest BCUT2D eigenvalue weighted by Gasteiger charge is -2.49. The van der Waals surface area contributed by atoms with Gasteiger partial charge in [0, 0.05) is 6.54 Å². The van der Waals surface area contributed by atoms with Crippen LogP contribution >= 0.6 is 34.9 Å². The number of fused-ring (bicyclic) bond motifs is 3. The molecule has 82 valence electrons. The highest BCUT2D eigenvalue weighted by atomic mass is 35.5. The summed E-state index contributed by atoms with van der Waals surface area (Å²) in [6, 6.07) is 0. The van der Waals surface area contributed by atoms with Crippen molar-refractivity contribution in [2.75, 3.05) is 19.6 Å². The third-order valence-corrected chi connectivity index (χ3v) is 5.03. The van der Waals surface area contributed by atoms with E-state index in [1.807, 2.05) is 0 Å². The zero-order chi connectivity index (χ0) is 10.5. The molecule has 1 aromatic heterocycles. The van der Waals surface area contributed by atoms with E-state index in [0.29, 0.717) is 11.1 Å². The highest BCUT2D eigenvalue weighted by Crippen LogP contribution is 2.48. The molecule has 15 heavy (non-hydrogen) atoms. The number of piperidine rings is 3. The van der Waals surface area contributed by atoms with Crippen molar-refractivity contribution < 1.29 is 0 Å². The van der Waals surface area contributed by atoms with E-state index in [-0.39, 0.29) is 4.87 Å². The smallest absolute Gasteiger partial charge is 0.167 e. The van der Waals surface area contributed by atoms with Crippen LogP contribution < -0.4 is 0 Å². The van der Waals surface area contributed by atoms with Crippen LogP contribution in [0.25, 0.3) is 0 Å². The fourth-order valence-electron chi connectivity index (χ4n) is 2.70. The maximum atomic E-state index is 6.72. The standard InChI is InChI=1S/C9H11Cl2N3S/c10-8-7(12-15-13-8)9(11)5-14-3-1-6(9)2-4-14/h6H,1-5H2/t9-/m1/s1. The second-order valence-corrected chi connectivity index (χ2v) is 5.88. The number of rotatable bonds is 1. The molecule has 0 unspecified atom stereocenters. The van der Waals surface area contributed by atoms with Crippen LogP contribution in [-0.2, 0) is 4.87 Å². The van der Waals surface area contributed by atoms with Crippen molar-refractivity contribution in [3.63, 3.8) is 0 Å². The SMILES string of the molecule is Clc1nsnc1[C@@]1(Cl)CN2CCC1CC2. The van der Waals surface area contributed by atoms with Gasteiger partial charge in [-0.2, -0.15) is 8.75 Å². The molecule has 4 rings (SSSR count). The van der Waals surface area contributed by atoms with Gasteiger partial charge in [0.15, 0.2) is 5.15 Å². The number of aromatic nitrogens is 2. The molecule has 2 bridgehead atoms. The largest absolute Gasteiger partial charge is 0.301 e. The predicted octanol–water partition coefficient (Wildman–Crippen LogP) is 2.35. The van der Waals surface area contributed by atoms with Gasteiger partial charge in [-0.3, -0.25) is 0 Å². The molecule has 0 aliphatic carbocycles. The number of halogens is 2. The minimum Gasteiger partial charge on any atom is -0.301 e. The van der Waals surface area contributed by atoms with Crippen LogP contribution in [-0.4, -0.2) is 33.3 Å². The van der Waals surface area contributed by atoms with Crippen molar-refractivity contribution in [3.8, 4) is 0 Å². The third kappa shape index (κ3) is 1.50. The van der Waals surface area contributed by atoms with Crippen molar-refractivity contribution >= 4 is 34.9 Å². The van der Waals surface area contributed by atoms with Gasteiger partial charge in [-0.15, -0.1) is 11.6 Å². The van der Waals surface area contributed by atoms with Crippen LogP contribution in [0.4, 0.5) is 0 Å². The number of hydrogen-bond donors (Lipinski definition) is 0. The predicted molar refractivity (Wildman–Crippen MR) is 61.6 cm³/mol. The summed E-state index contributed by atoms with van der Waals surface area (Å²) in [6.07, 6.45) is 2.30. The Labute approximate surface area is 103 Å². The minimum atomic E-state index is -0.388. The zero-order valence-corrected chi connectivity index (χ0v) is 10.4. The van der Waals surface area contributed by atoms with Crippen molar-refractivity contribution in [3.05, 3.63) is 10.8 Å². The Balaban J connectivity index is 2.00. The van der Waals surface area contributed by atoms with Crippen LogP contribution in [0.5, 0.6) is 0 Å². The Bertz CT molecular complexity index is 375. The fourth-order valence-corrected chi connectivity index (χ4v) is 4.20. The zero-order valence-electron chi connectivity index (χ0n) is 8.12. The third-order valence-electron chi connectivity index (χ3n) is 3.53. The highest BCUT2D eigenvalue weighted by molar-refractivity contribution is 6.99. The molecule has 3 aliphatic rings. The molecule has 0 N–H and O–H groups in total. The molecule has 4 heterocycles. The quantitative estimate of drug-likeness (QED) is 0.729. The first-order valence-electron chi connectivity index (χ1n) is 5.10. The summed E-state index contributed by atoms with van der Waals surface area (Å²) >= 11 is 13.9. The Morgan fingerprint density at radius 3 is 2.53 bits per heavy atom. The summed E-state index contributed by atoms with van der Waals surface area (Å²) in [5.41, 5.74) is 0.797. The molecule has 6 heteroatoms. The van der Waals surface area contributed by atoms with Gasteiger partial charge >= 0.3 is 0 Å². The lowest BCUT2D eigenvalue weighted by molar-refractivity contribution is 0.0650. The van der Waals surface area contributed by atoms with Crippen molar-refractivity contribution in [2.24, 2.45) is 5.92 Å². The van der Waals surface area contributed by atoms with Gasteiger partial charge in [-0.1, -0.05) is 11.6 Å². The van der Waals surface area contributed by atoms with Crippen LogP contribution in [0, 0.1) is 5.92 Å². The second-order valence-electron chi connectivity index (χ2n) is 4.32. The molecule has 0 saturated carbocycles. The Morgan fingerprint density at radius 1 is 1.33 bits per heavy atom. The van der Waals surface area contributed by atoms with Crippen LogP contribution in [0.15, 0.2) is 0 Å². The summed E-state index contributed by atoms with van der Waals surface area (Å²) in [5.74, 6) is 0.505. The van der Waals surface area contributed by atoms with Crippen molar-refractivity contribution in [2.45, 2.75) is 17.7 Å². The van der Waals surface area contributed by atoms with E-state index in [0.717, 1.165) is 49.9 Å². The second kappa shape index (κ2) is 3.55. The summed E-state index contributed by atoms with van der Waals surface area (Å²) < 4.78 is 8.28. The average Bonchev–Trinajstić information content (AvgIpc) is 2.66. The fraction of sp³-hybridized carbons (Fsp3) is 0.778. The molecule has 1 atom stereocenters. The van der Waals surface area contributed by atoms with E-state index >= 15 is 0 Å². The first-order chi connectivity index (χ1) is 7.20. The van der Waals surface area contributed by atoms with Gasteiger partial charge in [0.05, 0.1) is 11.7 Å². The van der Waals surface area contributed by atoms with Gasteiger partial charge in [-0.25, -0.2) is 0 Å². The summed E-state index contributed by atoms with van der Waals surface area (Å²) in [7, 11) is 0. The van der Waals surface area contributed by atoms with Gasteiger partial charge < -0.3 is 4.90 Å². The van der Waals surface area contributed by atoms with E-state index in [1.54, 1.807) is 0 Å². The summed E-state index contributed by atoms with van der Waals surface area (Å²) in [6.45, 7) is 3.19. The molecular weight excluding hydrogens is 253 g/mol. The van der Waals surface area contributed by atoms with E-state index in [4.69, 9.17) is 23.2 Å². The molecular formula is C9H11Cl2N3S. The van der Waals surface area contributed by atoms with Crippen LogP contribution in [0.2, 0.25) is 5.15 Å². The van der Waals surface area contributed by atoms with Gasteiger partial charge in [0.2, 0.25) is 0 Å². The number of hydrogen-bond acceptors (Lipinski definition) is 4. The Kier molecular flexibility index (Phi) is 2.43. The van der Waals surface area contributed by atoms with E-state index in [9.17, 15) is 0 Å². The lowest BCUT2D eigenvalue weighted by Crippen LogP contribution is -2.54. The topological polar surface area (TPSA) is 29.0 Å². The Hall–Kier alpha value is 0.1000. The highest BCUT2D eigenvalue weighted by Gasteiger charge is 2.49. The monoisotopic (exact) mass is 263 g/mol. The maximum Gasteiger partial charge on any atom is 0.167 e. The van der Waals surface area contributed by atoms with Crippen LogP contribution in [0.3, 0.4) is 0 Å². The first kappa shape index (κ1) is 10.3. The van der Waals surface area contributed by atoms with E-state index in [2.05, 4.69) is 13.6 Å². The minimum absolute atomic E-state index is 0.388. The molecule has 0 radical (unpaired) electrons. The Morgan fingerprint density at radius 2 is 2.07 bits per heavy atom. The molecule has 0 amide bonds. The van der Waals surface area contributed by atoms with Crippen molar-refractivity contribution in [1.29, 1.82) is 0 Å².